The molecule has 0 spiro atoms. The monoisotopic (exact) mass is 429 g/mol. The van der Waals surface area contributed by atoms with Crippen LogP contribution in [0.5, 0.6) is 0 Å². The average molecular weight is 430 g/mol. The number of ether oxygens (including phenoxy) is 2. The third-order valence-electron chi connectivity index (χ3n) is 4.54. The van der Waals surface area contributed by atoms with Gasteiger partial charge in [-0.3, -0.25) is 0 Å². The minimum Gasteiger partial charge on any atom is -0.466 e. The van der Waals surface area contributed by atoms with Crippen LogP contribution in [-0.4, -0.2) is 31.8 Å². The van der Waals surface area contributed by atoms with E-state index in [-0.39, 0.29) is 17.4 Å². The van der Waals surface area contributed by atoms with Crippen molar-refractivity contribution in [2.24, 2.45) is 5.92 Å². The summed E-state index contributed by atoms with van der Waals surface area (Å²) in [7, 11) is 1.25. The quantitative estimate of drug-likeness (QED) is 0.667. The summed E-state index contributed by atoms with van der Waals surface area (Å²) in [5.74, 6) is -1.82. The Balaban J connectivity index is 2.65. The molecule has 1 atom stereocenters. The standard InChI is InChI=1S/C19H25BrFNO4/c1-10(2)26-19(24)15-11(3)22-14(9-21)17(18(23)25-4)16(15)12-7-5-6-8-13(12)20/h10,16,22H,5-9H2,1-4H3. The van der Waals surface area contributed by atoms with Gasteiger partial charge in [-0.2, -0.15) is 0 Å². The number of alkyl halides is 1. The van der Waals surface area contributed by atoms with E-state index in [4.69, 9.17) is 9.47 Å². The molecule has 7 heteroatoms. The molecule has 1 heterocycles. The van der Waals surface area contributed by atoms with Crippen LogP contribution in [0.2, 0.25) is 0 Å². The van der Waals surface area contributed by atoms with E-state index >= 15 is 0 Å². The van der Waals surface area contributed by atoms with E-state index in [1.54, 1.807) is 20.8 Å². The molecule has 0 aromatic heterocycles. The van der Waals surface area contributed by atoms with Crippen LogP contribution in [-0.2, 0) is 19.1 Å². The molecule has 0 bridgehead atoms. The van der Waals surface area contributed by atoms with Crippen LogP contribution in [0, 0.1) is 5.92 Å². The van der Waals surface area contributed by atoms with E-state index in [1.165, 1.54) is 7.11 Å². The Kier molecular flexibility index (Phi) is 7.03. The van der Waals surface area contributed by atoms with Crippen molar-refractivity contribution >= 4 is 27.9 Å². The highest BCUT2D eigenvalue weighted by Crippen LogP contribution is 2.43. The van der Waals surface area contributed by atoms with Gasteiger partial charge in [-0.05, 0) is 56.5 Å². The summed E-state index contributed by atoms with van der Waals surface area (Å²) in [6, 6.07) is 0. The highest BCUT2D eigenvalue weighted by Gasteiger charge is 2.41. The molecule has 0 fully saturated rings. The lowest BCUT2D eigenvalue weighted by molar-refractivity contribution is -0.143. The lowest BCUT2D eigenvalue weighted by Crippen LogP contribution is -2.36. The van der Waals surface area contributed by atoms with E-state index in [2.05, 4.69) is 21.2 Å². The number of halogens is 2. The van der Waals surface area contributed by atoms with Gasteiger partial charge in [-0.15, -0.1) is 0 Å². The molecular formula is C19H25BrFNO4. The minimum absolute atomic E-state index is 0.138. The Labute approximate surface area is 161 Å². The maximum atomic E-state index is 13.7. The summed E-state index contributed by atoms with van der Waals surface area (Å²) >= 11 is 3.59. The van der Waals surface area contributed by atoms with Crippen LogP contribution in [0.1, 0.15) is 46.5 Å². The molecule has 0 saturated heterocycles. The molecule has 0 aromatic carbocycles. The average Bonchev–Trinajstić information content (AvgIpc) is 2.59. The van der Waals surface area contributed by atoms with Crippen molar-refractivity contribution in [3.8, 4) is 0 Å². The van der Waals surface area contributed by atoms with Crippen LogP contribution >= 0.6 is 15.9 Å². The number of methoxy groups -OCH3 is 1. The summed E-state index contributed by atoms with van der Waals surface area (Å²) in [5, 5.41) is 2.86. The lowest BCUT2D eigenvalue weighted by Gasteiger charge is -2.34. The van der Waals surface area contributed by atoms with E-state index in [9.17, 15) is 14.0 Å². The molecule has 5 nitrogen and oxygen atoms in total. The molecule has 1 unspecified atom stereocenters. The normalized spacial score (nSPS) is 21.1. The molecule has 2 rings (SSSR count). The van der Waals surface area contributed by atoms with Crippen molar-refractivity contribution in [2.45, 2.75) is 52.6 Å². The molecule has 0 amide bonds. The van der Waals surface area contributed by atoms with Gasteiger partial charge in [-0.25, -0.2) is 14.0 Å². The van der Waals surface area contributed by atoms with Crippen molar-refractivity contribution in [3.05, 3.63) is 32.6 Å². The second-order valence-corrected chi connectivity index (χ2v) is 7.66. The zero-order valence-corrected chi connectivity index (χ0v) is 17.2. The second kappa shape index (κ2) is 8.84. The van der Waals surface area contributed by atoms with Crippen molar-refractivity contribution < 1.29 is 23.5 Å². The zero-order chi connectivity index (χ0) is 19.4. The maximum Gasteiger partial charge on any atom is 0.336 e. The Morgan fingerprint density at radius 3 is 2.42 bits per heavy atom. The number of rotatable bonds is 5. The maximum absolute atomic E-state index is 13.7. The predicted molar refractivity (Wildman–Crippen MR) is 100.0 cm³/mol. The van der Waals surface area contributed by atoms with Gasteiger partial charge >= 0.3 is 11.9 Å². The van der Waals surface area contributed by atoms with Crippen LogP contribution in [0.25, 0.3) is 0 Å². The van der Waals surface area contributed by atoms with Gasteiger partial charge in [0, 0.05) is 11.6 Å². The Morgan fingerprint density at radius 1 is 1.23 bits per heavy atom. The molecule has 0 aromatic rings. The highest BCUT2D eigenvalue weighted by atomic mass is 79.9. The number of carbonyl (C=O) groups is 2. The molecular weight excluding hydrogens is 405 g/mol. The number of allylic oxidation sites excluding steroid dienone is 4. The fourth-order valence-electron chi connectivity index (χ4n) is 3.44. The topological polar surface area (TPSA) is 64.6 Å². The van der Waals surface area contributed by atoms with Gasteiger partial charge in [0.2, 0.25) is 0 Å². The Hall–Kier alpha value is -1.63. The van der Waals surface area contributed by atoms with Crippen LogP contribution in [0.3, 0.4) is 0 Å². The molecule has 1 aliphatic heterocycles. The number of dihydropyridines is 1. The van der Waals surface area contributed by atoms with Crippen molar-refractivity contribution in [1.82, 2.24) is 5.32 Å². The van der Waals surface area contributed by atoms with Crippen LogP contribution < -0.4 is 5.32 Å². The SMILES string of the molecule is COC(=O)C1=C(CF)NC(C)=C(C(=O)OC(C)C)C1C1=C(Br)CCCC1. The molecule has 0 saturated carbocycles. The predicted octanol–water partition coefficient (Wildman–Crippen LogP) is 4.05. The summed E-state index contributed by atoms with van der Waals surface area (Å²) in [6.07, 6.45) is 3.21. The highest BCUT2D eigenvalue weighted by molar-refractivity contribution is 9.11. The summed E-state index contributed by atoms with van der Waals surface area (Å²) in [6.45, 7) is 4.37. The molecule has 26 heavy (non-hydrogen) atoms. The van der Waals surface area contributed by atoms with E-state index < -0.39 is 24.5 Å². The molecule has 0 radical (unpaired) electrons. The summed E-state index contributed by atoms with van der Waals surface area (Å²) < 4.78 is 24.9. The van der Waals surface area contributed by atoms with Gasteiger partial charge < -0.3 is 14.8 Å². The van der Waals surface area contributed by atoms with Gasteiger partial charge in [0.1, 0.15) is 6.67 Å². The largest absolute Gasteiger partial charge is 0.466 e. The number of carbonyl (C=O) groups excluding carboxylic acids is 2. The number of hydrogen-bond acceptors (Lipinski definition) is 5. The van der Waals surface area contributed by atoms with Crippen molar-refractivity contribution in [1.29, 1.82) is 0 Å². The van der Waals surface area contributed by atoms with Crippen molar-refractivity contribution in [3.63, 3.8) is 0 Å². The zero-order valence-electron chi connectivity index (χ0n) is 15.6. The minimum atomic E-state index is -0.852. The molecule has 1 N–H and O–H groups in total. The van der Waals surface area contributed by atoms with E-state index in [1.807, 2.05) is 0 Å². The van der Waals surface area contributed by atoms with Gasteiger partial charge in [0.05, 0.1) is 30.1 Å². The Bertz CT molecular complexity index is 694. The molecule has 144 valence electrons. The second-order valence-electron chi connectivity index (χ2n) is 6.71. The first-order chi connectivity index (χ1) is 12.3. The van der Waals surface area contributed by atoms with Gasteiger partial charge in [-0.1, -0.05) is 15.9 Å². The first-order valence-electron chi connectivity index (χ1n) is 8.75. The fourth-order valence-corrected chi connectivity index (χ4v) is 4.15. The number of esters is 2. The van der Waals surface area contributed by atoms with Gasteiger partial charge in [0.25, 0.3) is 0 Å². The van der Waals surface area contributed by atoms with Crippen LogP contribution in [0.15, 0.2) is 32.6 Å². The smallest absolute Gasteiger partial charge is 0.336 e. The summed E-state index contributed by atoms with van der Waals surface area (Å²) in [4.78, 5) is 25.3. The van der Waals surface area contributed by atoms with Crippen LogP contribution in [0.4, 0.5) is 4.39 Å². The number of hydrogen-bond donors (Lipinski definition) is 1. The van der Waals surface area contributed by atoms with E-state index in [0.717, 1.165) is 35.7 Å². The van der Waals surface area contributed by atoms with E-state index in [0.29, 0.717) is 11.3 Å². The molecule has 2 aliphatic rings. The lowest BCUT2D eigenvalue weighted by atomic mass is 9.76. The molecule has 1 aliphatic carbocycles. The first kappa shape index (κ1) is 20.7. The summed E-state index contributed by atoms with van der Waals surface area (Å²) in [5.41, 5.74) is 2.03. The third kappa shape index (κ3) is 4.19. The first-order valence-corrected chi connectivity index (χ1v) is 9.54. The van der Waals surface area contributed by atoms with Crippen molar-refractivity contribution in [2.75, 3.05) is 13.8 Å². The third-order valence-corrected chi connectivity index (χ3v) is 5.44. The Morgan fingerprint density at radius 2 is 1.88 bits per heavy atom. The fraction of sp³-hybridized carbons (Fsp3) is 0.579. The van der Waals surface area contributed by atoms with Gasteiger partial charge in [0.15, 0.2) is 0 Å². The number of nitrogens with one attached hydrogen (secondary N) is 1.